The van der Waals surface area contributed by atoms with Crippen molar-refractivity contribution in [2.75, 3.05) is 13.1 Å². The summed E-state index contributed by atoms with van der Waals surface area (Å²) in [5, 5.41) is 3.84. The molecule has 1 aliphatic heterocycles. The van der Waals surface area contributed by atoms with Crippen molar-refractivity contribution in [3.05, 3.63) is 30.4 Å². The van der Waals surface area contributed by atoms with Crippen LogP contribution in [-0.4, -0.2) is 39.0 Å². The second-order valence-corrected chi connectivity index (χ2v) is 4.51. The minimum absolute atomic E-state index is 0.0636. The Balaban J connectivity index is 1.79. The fourth-order valence-electron chi connectivity index (χ4n) is 2.16. The topological polar surface area (TPSA) is 72.1 Å². The molecule has 0 aliphatic carbocycles. The maximum atomic E-state index is 12.2. The lowest BCUT2D eigenvalue weighted by Crippen LogP contribution is -2.35. The predicted molar refractivity (Wildman–Crippen MR) is 67.3 cm³/mol. The molecule has 0 radical (unpaired) electrons. The summed E-state index contributed by atoms with van der Waals surface area (Å²) >= 11 is 0. The van der Waals surface area contributed by atoms with E-state index in [1.54, 1.807) is 29.4 Å². The molecule has 0 spiro atoms. The van der Waals surface area contributed by atoms with Crippen molar-refractivity contribution in [1.29, 1.82) is 0 Å². The number of hydrogen-bond acceptors (Lipinski definition) is 5. The van der Waals surface area contributed by atoms with Gasteiger partial charge in [-0.25, -0.2) is 0 Å². The number of carbonyl (C=O) groups is 1. The van der Waals surface area contributed by atoms with Crippen molar-refractivity contribution in [2.45, 2.75) is 19.3 Å². The number of aromatic nitrogens is 3. The van der Waals surface area contributed by atoms with E-state index in [-0.39, 0.29) is 11.8 Å². The van der Waals surface area contributed by atoms with Gasteiger partial charge < -0.3 is 9.42 Å². The summed E-state index contributed by atoms with van der Waals surface area (Å²) < 4.78 is 5.06. The molecule has 0 unspecified atom stereocenters. The molecule has 6 heteroatoms. The summed E-state index contributed by atoms with van der Waals surface area (Å²) in [7, 11) is 0. The second kappa shape index (κ2) is 5.17. The van der Waals surface area contributed by atoms with E-state index < -0.39 is 0 Å². The quantitative estimate of drug-likeness (QED) is 0.820. The second-order valence-electron chi connectivity index (χ2n) is 4.51. The van der Waals surface area contributed by atoms with Gasteiger partial charge in [0.1, 0.15) is 0 Å². The fraction of sp³-hybridized carbons (Fsp3) is 0.385. The Morgan fingerprint density at radius 3 is 2.63 bits per heavy atom. The number of carbonyl (C=O) groups excluding carboxylic acids is 1. The van der Waals surface area contributed by atoms with Crippen LogP contribution in [0.3, 0.4) is 0 Å². The van der Waals surface area contributed by atoms with Crippen molar-refractivity contribution >= 4 is 5.91 Å². The van der Waals surface area contributed by atoms with Gasteiger partial charge in [-0.2, -0.15) is 4.98 Å². The molecule has 0 atom stereocenters. The molecule has 1 amide bonds. The zero-order valence-corrected chi connectivity index (χ0v) is 10.5. The average Bonchev–Trinajstić information content (AvgIpc) is 2.98. The van der Waals surface area contributed by atoms with Crippen LogP contribution in [0.4, 0.5) is 0 Å². The van der Waals surface area contributed by atoms with Gasteiger partial charge in [0.25, 0.3) is 0 Å². The fourth-order valence-corrected chi connectivity index (χ4v) is 2.16. The van der Waals surface area contributed by atoms with Crippen LogP contribution >= 0.6 is 0 Å². The Hall–Kier alpha value is -2.24. The van der Waals surface area contributed by atoms with Gasteiger partial charge in [-0.3, -0.25) is 9.78 Å². The molecule has 3 heterocycles. The minimum Gasteiger partial charge on any atom is -0.334 e. The van der Waals surface area contributed by atoms with Crippen LogP contribution in [-0.2, 0) is 0 Å². The Morgan fingerprint density at radius 1 is 1.16 bits per heavy atom. The SMILES string of the molecule is O=C(c1nc(-c2ccncc2)no1)N1CCCCC1. The van der Waals surface area contributed by atoms with Gasteiger partial charge in [-0.05, 0) is 31.4 Å². The van der Waals surface area contributed by atoms with Crippen LogP contribution in [0.5, 0.6) is 0 Å². The predicted octanol–water partition coefficient (Wildman–Crippen LogP) is 1.76. The molecule has 19 heavy (non-hydrogen) atoms. The first-order valence-electron chi connectivity index (χ1n) is 6.38. The average molecular weight is 258 g/mol. The largest absolute Gasteiger partial charge is 0.334 e. The molecule has 0 aromatic carbocycles. The molecular formula is C13H14N4O2. The first kappa shape index (κ1) is 11.8. The van der Waals surface area contributed by atoms with Gasteiger partial charge in [0.2, 0.25) is 5.82 Å². The van der Waals surface area contributed by atoms with Crippen molar-refractivity contribution in [3.63, 3.8) is 0 Å². The van der Waals surface area contributed by atoms with Gasteiger partial charge in [0.15, 0.2) is 0 Å². The molecule has 98 valence electrons. The lowest BCUT2D eigenvalue weighted by atomic mass is 10.1. The number of likely N-dealkylation sites (tertiary alicyclic amines) is 1. The first-order chi connectivity index (χ1) is 9.34. The summed E-state index contributed by atoms with van der Waals surface area (Å²) in [6.45, 7) is 1.54. The molecule has 0 N–H and O–H groups in total. The Kier molecular flexibility index (Phi) is 3.22. The molecule has 1 aliphatic rings. The molecule has 2 aromatic rings. The van der Waals surface area contributed by atoms with E-state index in [9.17, 15) is 4.79 Å². The number of amides is 1. The van der Waals surface area contributed by atoms with Crippen LogP contribution in [0.25, 0.3) is 11.4 Å². The molecule has 2 aromatic heterocycles. The highest BCUT2D eigenvalue weighted by Crippen LogP contribution is 2.16. The van der Waals surface area contributed by atoms with Crippen molar-refractivity contribution < 1.29 is 9.32 Å². The Bertz CT molecular complexity index is 561. The van der Waals surface area contributed by atoms with E-state index >= 15 is 0 Å². The maximum absolute atomic E-state index is 12.2. The van der Waals surface area contributed by atoms with Gasteiger partial charge in [0.05, 0.1) is 0 Å². The molecule has 1 fully saturated rings. The van der Waals surface area contributed by atoms with Gasteiger partial charge >= 0.3 is 11.8 Å². The third-order valence-corrected chi connectivity index (χ3v) is 3.19. The Labute approximate surface area is 110 Å². The van der Waals surface area contributed by atoms with Gasteiger partial charge in [-0.15, -0.1) is 0 Å². The van der Waals surface area contributed by atoms with E-state index in [0.29, 0.717) is 5.82 Å². The van der Waals surface area contributed by atoms with E-state index in [2.05, 4.69) is 15.1 Å². The van der Waals surface area contributed by atoms with E-state index in [1.807, 2.05) is 0 Å². The summed E-state index contributed by atoms with van der Waals surface area (Å²) in [5.41, 5.74) is 0.788. The number of hydrogen-bond donors (Lipinski definition) is 0. The van der Waals surface area contributed by atoms with Gasteiger partial charge in [-0.1, -0.05) is 5.16 Å². The third-order valence-electron chi connectivity index (χ3n) is 3.19. The molecular weight excluding hydrogens is 244 g/mol. The van der Waals surface area contributed by atoms with E-state index in [1.165, 1.54) is 6.42 Å². The minimum atomic E-state index is -0.174. The van der Waals surface area contributed by atoms with Crippen LogP contribution in [0.15, 0.2) is 29.0 Å². The third kappa shape index (κ3) is 2.47. The van der Waals surface area contributed by atoms with Crippen molar-refractivity contribution in [3.8, 4) is 11.4 Å². The first-order valence-corrected chi connectivity index (χ1v) is 6.38. The highest BCUT2D eigenvalue weighted by molar-refractivity contribution is 5.90. The van der Waals surface area contributed by atoms with Crippen LogP contribution in [0.2, 0.25) is 0 Å². The zero-order chi connectivity index (χ0) is 13.1. The highest BCUT2D eigenvalue weighted by atomic mass is 16.5. The number of nitrogens with zero attached hydrogens (tertiary/aromatic N) is 4. The van der Waals surface area contributed by atoms with E-state index in [4.69, 9.17) is 4.52 Å². The molecule has 0 bridgehead atoms. The van der Waals surface area contributed by atoms with Crippen molar-refractivity contribution in [1.82, 2.24) is 20.0 Å². The van der Waals surface area contributed by atoms with Crippen LogP contribution in [0.1, 0.15) is 29.9 Å². The monoisotopic (exact) mass is 258 g/mol. The smallest absolute Gasteiger partial charge is 0.316 e. The maximum Gasteiger partial charge on any atom is 0.316 e. The number of pyridine rings is 1. The molecule has 3 rings (SSSR count). The lowest BCUT2D eigenvalue weighted by Gasteiger charge is -2.24. The summed E-state index contributed by atoms with van der Waals surface area (Å²) in [6.07, 6.45) is 6.56. The van der Waals surface area contributed by atoms with Crippen LogP contribution < -0.4 is 0 Å². The standard InChI is InChI=1S/C13H14N4O2/c18-13(17-8-2-1-3-9-17)12-15-11(16-19-12)10-4-6-14-7-5-10/h4-7H,1-3,8-9H2. The van der Waals surface area contributed by atoms with Crippen molar-refractivity contribution in [2.24, 2.45) is 0 Å². The zero-order valence-electron chi connectivity index (χ0n) is 10.5. The number of rotatable bonds is 2. The Morgan fingerprint density at radius 2 is 1.89 bits per heavy atom. The van der Waals surface area contributed by atoms with E-state index in [0.717, 1.165) is 31.5 Å². The lowest BCUT2D eigenvalue weighted by molar-refractivity contribution is 0.0674. The van der Waals surface area contributed by atoms with Gasteiger partial charge in [0, 0.05) is 31.0 Å². The molecule has 6 nitrogen and oxygen atoms in total. The van der Waals surface area contributed by atoms with Crippen LogP contribution in [0, 0.1) is 0 Å². The normalized spacial score (nSPS) is 15.5. The molecule has 0 saturated carbocycles. The molecule has 1 saturated heterocycles. The summed E-state index contributed by atoms with van der Waals surface area (Å²) in [4.78, 5) is 22.0. The summed E-state index contributed by atoms with van der Waals surface area (Å²) in [6, 6.07) is 3.56. The summed E-state index contributed by atoms with van der Waals surface area (Å²) in [5.74, 6) is 0.309. The number of piperidine rings is 1. The highest BCUT2D eigenvalue weighted by Gasteiger charge is 2.23.